The van der Waals surface area contributed by atoms with Crippen LogP contribution in [-0.2, 0) is 29.1 Å². The highest BCUT2D eigenvalue weighted by Crippen LogP contribution is 2.25. The summed E-state index contributed by atoms with van der Waals surface area (Å²) in [5.74, 6) is 5.47. The third-order valence-corrected chi connectivity index (χ3v) is 6.26. The Kier molecular flexibility index (Phi) is 9.87. The standard InChI is InChI=1S/C34H33NO3/c1-2-3-9-27-14-16-28(17-15-27)18-19-29-20-22-30(23-21-29)24-35(38-26-34(36)37)25-32-12-7-8-13-33(32)31-10-5-4-6-11-31/h4-8,10-17,20-23H,2-3,9,24-26H2,1H3,(H,36,37). The van der Waals surface area contributed by atoms with Gasteiger partial charge in [-0.05, 0) is 64.9 Å². The Morgan fingerprint density at radius 1 is 0.763 bits per heavy atom. The number of hydrogen-bond donors (Lipinski definition) is 1. The lowest BCUT2D eigenvalue weighted by molar-refractivity contribution is -0.190. The fourth-order valence-electron chi connectivity index (χ4n) is 4.22. The predicted molar refractivity (Wildman–Crippen MR) is 152 cm³/mol. The summed E-state index contributed by atoms with van der Waals surface area (Å²) in [5, 5.41) is 10.9. The van der Waals surface area contributed by atoms with E-state index in [4.69, 9.17) is 4.84 Å². The minimum atomic E-state index is -1.00. The highest BCUT2D eigenvalue weighted by molar-refractivity contribution is 5.68. The molecular formula is C34H33NO3. The molecule has 38 heavy (non-hydrogen) atoms. The van der Waals surface area contributed by atoms with Crippen molar-refractivity contribution in [2.45, 2.75) is 39.3 Å². The Bertz CT molecular complexity index is 1370. The van der Waals surface area contributed by atoms with E-state index in [-0.39, 0.29) is 0 Å². The van der Waals surface area contributed by atoms with Crippen LogP contribution < -0.4 is 0 Å². The van der Waals surface area contributed by atoms with E-state index >= 15 is 0 Å². The molecule has 0 bridgehead atoms. The molecule has 0 aliphatic rings. The maximum absolute atomic E-state index is 11.2. The van der Waals surface area contributed by atoms with Gasteiger partial charge in [-0.25, -0.2) is 4.79 Å². The quantitative estimate of drug-likeness (QED) is 0.175. The normalized spacial score (nSPS) is 10.7. The molecule has 0 aromatic heterocycles. The third-order valence-electron chi connectivity index (χ3n) is 6.26. The lowest BCUT2D eigenvalue weighted by Crippen LogP contribution is -2.26. The monoisotopic (exact) mass is 503 g/mol. The van der Waals surface area contributed by atoms with Gasteiger partial charge >= 0.3 is 5.97 Å². The minimum absolute atomic E-state index is 0.395. The zero-order chi connectivity index (χ0) is 26.6. The summed E-state index contributed by atoms with van der Waals surface area (Å²) < 4.78 is 0. The zero-order valence-electron chi connectivity index (χ0n) is 21.8. The topological polar surface area (TPSA) is 49.8 Å². The molecule has 0 aliphatic heterocycles. The Labute approximate surface area is 225 Å². The number of carbonyl (C=O) groups is 1. The Morgan fingerprint density at radius 2 is 1.37 bits per heavy atom. The molecule has 4 nitrogen and oxygen atoms in total. The number of unbranched alkanes of at least 4 members (excludes halogenated alkanes) is 1. The predicted octanol–water partition coefficient (Wildman–Crippen LogP) is 7.11. The van der Waals surface area contributed by atoms with Crippen LogP contribution in [0.25, 0.3) is 11.1 Å². The average molecular weight is 504 g/mol. The van der Waals surface area contributed by atoms with Gasteiger partial charge in [0.05, 0.1) is 6.54 Å². The largest absolute Gasteiger partial charge is 0.479 e. The van der Waals surface area contributed by atoms with E-state index in [1.165, 1.54) is 18.4 Å². The van der Waals surface area contributed by atoms with E-state index in [0.29, 0.717) is 13.1 Å². The van der Waals surface area contributed by atoms with E-state index in [1.54, 1.807) is 5.06 Å². The van der Waals surface area contributed by atoms with Crippen LogP contribution in [0.5, 0.6) is 0 Å². The van der Waals surface area contributed by atoms with Crippen molar-refractivity contribution in [3.8, 4) is 23.0 Å². The molecule has 0 radical (unpaired) electrons. The molecule has 0 saturated heterocycles. The van der Waals surface area contributed by atoms with Crippen LogP contribution in [0.3, 0.4) is 0 Å². The van der Waals surface area contributed by atoms with Gasteiger partial charge in [0.1, 0.15) is 0 Å². The Balaban J connectivity index is 1.45. The van der Waals surface area contributed by atoms with Crippen molar-refractivity contribution in [1.29, 1.82) is 0 Å². The summed E-state index contributed by atoms with van der Waals surface area (Å²) in [6, 6.07) is 34.8. The first kappa shape index (κ1) is 26.9. The van der Waals surface area contributed by atoms with Crippen molar-refractivity contribution >= 4 is 5.97 Å². The maximum Gasteiger partial charge on any atom is 0.331 e. The fourth-order valence-corrected chi connectivity index (χ4v) is 4.22. The summed E-state index contributed by atoms with van der Waals surface area (Å²) in [5.41, 5.74) is 7.56. The molecule has 4 rings (SSSR count). The highest BCUT2D eigenvalue weighted by Gasteiger charge is 2.13. The Hall–Kier alpha value is -4.17. The number of carboxylic acid groups (broad SMARTS) is 1. The van der Waals surface area contributed by atoms with Gasteiger partial charge in [0.2, 0.25) is 0 Å². The van der Waals surface area contributed by atoms with Gasteiger partial charge in [0, 0.05) is 17.7 Å². The molecule has 0 saturated carbocycles. The van der Waals surface area contributed by atoms with Crippen LogP contribution in [0.4, 0.5) is 0 Å². The van der Waals surface area contributed by atoms with E-state index in [0.717, 1.165) is 39.8 Å². The second kappa shape index (κ2) is 13.9. The van der Waals surface area contributed by atoms with Gasteiger partial charge in [-0.15, -0.1) is 0 Å². The van der Waals surface area contributed by atoms with E-state index < -0.39 is 12.6 Å². The molecule has 0 fully saturated rings. The van der Waals surface area contributed by atoms with Gasteiger partial charge < -0.3 is 5.11 Å². The van der Waals surface area contributed by atoms with Crippen LogP contribution in [-0.4, -0.2) is 22.7 Å². The molecule has 4 aromatic rings. The van der Waals surface area contributed by atoms with Gasteiger partial charge in [-0.3, -0.25) is 4.84 Å². The van der Waals surface area contributed by atoms with Crippen LogP contribution in [0.15, 0.2) is 103 Å². The van der Waals surface area contributed by atoms with Gasteiger partial charge in [-0.1, -0.05) is 104 Å². The van der Waals surface area contributed by atoms with Gasteiger partial charge in [0.15, 0.2) is 6.61 Å². The van der Waals surface area contributed by atoms with Crippen LogP contribution in [0.1, 0.15) is 47.6 Å². The van der Waals surface area contributed by atoms with Gasteiger partial charge in [-0.2, -0.15) is 5.06 Å². The van der Waals surface area contributed by atoms with Crippen molar-refractivity contribution in [3.63, 3.8) is 0 Å². The van der Waals surface area contributed by atoms with E-state index in [1.807, 2.05) is 54.6 Å². The number of hydroxylamine groups is 2. The number of nitrogens with zero attached hydrogens (tertiary/aromatic N) is 1. The number of aliphatic carboxylic acids is 1. The van der Waals surface area contributed by atoms with Crippen LogP contribution in [0, 0.1) is 11.8 Å². The molecule has 1 N–H and O–H groups in total. The summed E-state index contributed by atoms with van der Waals surface area (Å²) in [6.07, 6.45) is 3.51. The summed E-state index contributed by atoms with van der Waals surface area (Å²) >= 11 is 0. The zero-order valence-corrected chi connectivity index (χ0v) is 21.8. The second-order valence-electron chi connectivity index (χ2n) is 9.24. The van der Waals surface area contributed by atoms with E-state index in [2.05, 4.69) is 67.3 Å². The van der Waals surface area contributed by atoms with Crippen molar-refractivity contribution in [1.82, 2.24) is 5.06 Å². The number of hydrogen-bond acceptors (Lipinski definition) is 3. The van der Waals surface area contributed by atoms with Crippen molar-refractivity contribution < 1.29 is 14.7 Å². The van der Waals surface area contributed by atoms with Crippen molar-refractivity contribution in [3.05, 3.63) is 131 Å². The minimum Gasteiger partial charge on any atom is -0.479 e. The number of benzene rings is 4. The molecule has 0 spiro atoms. The molecular weight excluding hydrogens is 470 g/mol. The lowest BCUT2D eigenvalue weighted by atomic mass is 9.99. The summed E-state index contributed by atoms with van der Waals surface area (Å²) in [6.45, 7) is 2.71. The molecule has 0 atom stereocenters. The summed E-state index contributed by atoms with van der Waals surface area (Å²) in [4.78, 5) is 16.9. The highest BCUT2D eigenvalue weighted by atomic mass is 16.7. The average Bonchev–Trinajstić information content (AvgIpc) is 2.95. The molecule has 4 aromatic carbocycles. The molecule has 0 heterocycles. The molecule has 0 amide bonds. The molecule has 192 valence electrons. The SMILES string of the molecule is CCCCc1ccc(C#Cc2ccc(CN(Cc3ccccc3-c3ccccc3)OCC(=O)O)cc2)cc1. The first-order valence-electron chi connectivity index (χ1n) is 13.0. The molecule has 4 heteroatoms. The van der Waals surface area contributed by atoms with Crippen molar-refractivity contribution in [2.24, 2.45) is 0 Å². The lowest BCUT2D eigenvalue weighted by Gasteiger charge is -2.23. The molecule has 0 unspecified atom stereocenters. The first-order chi connectivity index (χ1) is 18.6. The van der Waals surface area contributed by atoms with Crippen molar-refractivity contribution in [2.75, 3.05) is 6.61 Å². The smallest absolute Gasteiger partial charge is 0.331 e. The van der Waals surface area contributed by atoms with E-state index in [9.17, 15) is 9.90 Å². The Morgan fingerprint density at radius 3 is 2.00 bits per heavy atom. The second-order valence-corrected chi connectivity index (χ2v) is 9.24. The summed E-state index contributed by atoms with van der Waals surface area (Å²) in [7, 11) is 0. The molecule has 0 aliphatic carbocycles. The number of carboxylic acids is 1. The third kappa shape index (κ3) is 8.18. The van der Waals surface area contributed by atoms with Gasteiger partial charge in [0.25, 0.3) is 0 Å². The fraction of sp³-hybridized carbons (Fsp3) is 0.206. The number of rotatable bonds is 11. The number of aryl methyl sites for hydroxylation is 1. The van der Waals surface area contributed by atoms with Crippen LogP contribution in [0.2, 0.25) is 0 Å². The first-order valence-corrected chi connectivity index (χ1v) is 13.0. The maximum atomic E-state index is 11.2. The van der Waals surface area contributed by atoms with Crippen LogP contribution >= 0.6 is 0 Å².